The number of carbonyl (C=O) groups is 1. The first kappa shape index (κ1) is 16.7. The summed E-state index contributed by atoms with van der Waals surface area (Å²) in [5, 5.41) is 4.13. The van der Waals surface area contributed by atoms with Crippen LogP contribution in [0.15, 0.2) is 54.9 Å². The SMILES string of the molecule is COC(=O)c1cc(-c2cnn(C)c2)ccc1OCc1ccc(F)cc1. The molecule has 0 saturated carbocycles. The van der Waals surface area contributed by atoms with Crippen molar-refractivity contribution in [2.75, 3.05) is 7.11 Å². The zero-order valence-corrected chi connectivity index (χ0v) is 13.9. The van der Waals surface area contributed by atoms with E-state index in [0.717, 1.165) is 16.7 Å². The Labute approximate surface area is 144 Å². The second kappa shape index (κ2) is 7.17. The van der Waals surface area contributed by atoms with E-state index in [4.69, 9.17) is 9.47 Å². The molecule has 0 saturated heterocycles. The van der Waals surface area contributed by atoms with Gasteiger partial charge in [-0.2, -0.15) is 5.10 Å². The number of benzene rings is 2. The van der Waals surface area contributed by atoms with Gasteiger partial charge in [-0.15, -0.1) is 0 Å². The minimum Gasteiger partial charge on any atom is -0.488 e. The summed E-state index contributed by atoms with van der Waals surface area (Å²) in [7, 11) is 3.15. The van der Waals surface area contributed by atoms with Crippen molar-refractivity contribution in [3.8, 4) is 16.9 Å². The van der Waals surface area contributed by atoms with Gasteiger partial charge in [0.15, 0.2) is 0 Å². The van der Waals surface area contributed by atoms with Crippen molar-refractivity contribution in [2.45, 2.75) is 6.61 Å². The van der Waals surface area contributed by atoms with Crippen molar-refractivity contribution in [1.82, 2.24) is 9.78 Å². The van der Waals surface area contributed by atoms with Crippen molar-refractivity contribution >= 4 is 5.97 Å². The second-order valence-electron chi connectivity index (χ2n) is 5.52. The van der Waals surface area contributed by atoms with E-state index in [1.165, 1.54) is 19.2 Å². The van der Waals surface area contributed by atoms with Gasteiger partial charge in [0, 0.05) is 18.8 Å². The number of carbonyl (C=O) groups excluding carboxylic acids is 1. The number of aryl methyl sites for hydroxylation is 1. The highest BCUT2D eigenvalue weighted by Gasteiger charge is 2.15. The number of esters is 1. The summed E-state index contributed by atoms with van der Waals surface area (Å²) in [6.07, 6.45) is 3.57. The number of aromatic nitrogens is 2. The number of halogens is 1. The maximum Gasteiger partial charge on any atom is 0.341 e. The summed E-state index contributed by atoms with van der Waals surface area (Å²) in [6.45, 7) is 0.219. The average Bonchev–Trinajstić information content (AvgIpc) is 3.07. The van der Waals surface area contributed by atoms with Crippen LogP contribution >= 0.6 is 0 Å². The minimum absolute atomic E-state index is 0.219. The Morgan fingerprint density at radius 3 is 2.56 bits per heavy atom. The molecule has 2 aromatic carbocycles. The number of hydrogen-bond acceptors (Lipinski definition) is 4. The topological polar surface area (TPSA) is 53.3 Å². The molecule has 0 bridgehead atoms. The molecule has 0 aliphatic heterocycles. The summed E-state index contributed by atoms with van der Waals surface area (Å²) in [6, 6.07) is 11.3. The first-order valence-corrected chi connectivity index (χ1v) is 7.65. The summed E-state index contributed by atoms with van der Waals surface area (Å²) in [5.41, 5.74) is 2.85. The van der Waals surface area contributed by atoms with Crippen LogP contribution in [0.1, 0.15) is 15.9 Å². The van der Waals surface area contributed by atoms with Crippen LogP contribution in [0.2, 0.25) is 0 Å². The Bertz CT molecular complexity index is 888. The minimum atomic E-state index is -0.486. The molecule has 0 aliphatic rings. The predicted molar refractivity (Wildman–Crippen MR) is 90.7 cm³/mol. The maximum absolute atomic E-state index is 13.0. The summed E-state index contributed by atoms with van der Waals surface area (Å²) in [4.78, 5) is 12.1. The normalized spacial score (nSPS) is 10.5. The number of rotatable bonds is 5. The van der Waals surface area contributed by atoms with E-state index in [-0.39, 0.29) is 12.4 Å². The van der Waals surface area contributed by atoms with Gasteiger partial charge in [0.2, 0.25) is 0 Å². The van der Waals surface area contributed by atoms with Crippen LogP contribution in [0.3, 0.4) is 0 Å². The van der Waals surface area contributed by atoms with Gasteiger partial charge in [-0.3, -0.25) is 4.68 Å². The van der Waals surface area contributed by atoms with Crippen molar-refractivity contribution in [2.24, 2.45) is 7.05 Å². The lowest BCUT2D eigenvalue weighted by molar-refractivity contribution is 0.0595. The van der Waals surface area contributed by atoms with Crippen LogP contribution in [-0.2, 0) is 18.4 Å². The first-order valence-electron chi connectivity index (χ1n) is 7.65. The Morgan fingerprint density at radius 1 is 1.16 bits per heavy atom. The molecule has 3 rings (SSSR count). The molecule has 5 nitrogen and oxygen atoms in total. The molecule has 0 unspecified atom stereocenters. The number of methoxy groups -OCH3 is 1. The molecule has 3 aromatic rings. The zero-order valence-electron chi connectivity index (χ0n) is 13.9. The Morgan fingerprint density at radius 2 is 1.92 bits per heavy atom. The molecule has 0 amide bonds. The molecule has 0 aliphatic carbocycles. The van der Waals surface area contributed by atoms with E-state index in [1.807, 2.05) is 19.3 Å². The highest BCUT2D eigenvalue weighted by molar-refractivity contribution is 5.94. The Balaban J connectivity index is 1.87. The van der Waals surface area contributed by atoms with Crippen LogP contribution in [0.25, 0.3) is 11.1 Å². The van der Waals surface area contributed by atoms with E-state index in [2.05, 4.69) is 5.10 Å². The van der Waals surface area contributed by atoms with Crippen LogP contribution in [0, 0.1) is 5.82 Å². The number of nitrogens with zero attached hydrogens (tertiary/aromatic N) is 2. The standard InChI is InChI=1S/C19H17FN2O3/c1-22-11-15(10-21-22)14-5-8-18(17(9-14)19(23)24-2)25-12-13-3-6-16(20)7-4-13/h3-11H,12H2,1-2H3. The molecule has 0 N–H and O–H groups in total. The average molecular weight is 340 g/mol. The molecular weight excluding hydrogens is 323 g/mol. The van der Waals surface area contributed by atoms with Crippen molar-refractivity contribution in [3.05, 3.63) is 71.8 Å². The lowest BCUT2D eigenvalue weighted by atomic mass is 10.1. The van der Waals surface area contributed by atoms with Crippen molar-refractivity contribution < 1.29 is 18.7 Å². The second-order valence-corrected chi connectivity index (χ2v) is 5.52. The highest BCUT2D eigenvalue weighted by Crippen LogP contribution is 2.28. The molecule has 1 heterocycles. The zero-order chi connectivity index (χ0) is 17.8. The van der Waals surface area contributed by atoms with Gasteiger partial charge in [0.05, 0.1) is 13.3 Å². The van der Waals surface area contributed by atoms with Crippen LogP contribution in [0.5, 0.6) is 5.75 Å². The molecule has 0 spiro atoms. The van der Waals surface area contributed by atoms with Gasteiger partial charge >= 0.3 is 5.97 Å². The molecule has 0 fully saturated rings. The monoisotopic (exact) mass is 340 g/mol. The molecule has 6 heteroatoms. The number of hydrogen-bond donors (Lipinski definition) is 0. The van der Waals surface area contributed by atoms with Gasteiger partial charge in [-0.25, -0.2) is 9.18 Å². The van der Waals surface area contributed by atoms with Gasteiger partial charge in [0.1, 0.15) is 23.7 Å². The maximum atomic E-state index is 13.0. The summed E-state index contributed by atoms with van der Waals surface area (Å²) in [5.74, 6) is -0.386. The third-order valence-corrected chi connectivity index (χ3v) is 3.73. The van der Waals surface area contributed by atoms with Gasteiger partial charge < -0.3 is 9.47 Å². The molecule has 1 aromatic heterocycles. The summed E-state index contributed by atoms with van der Waals surface area (Å²) < 4.78 is 25.2. The highest BCUT2D eigenvalue weighted by atomic mass is 19.1. The fourth-order valence-corrected chi connectivity index (χ4v) is 2.42. The van der Waals surface area contributed by atoms with E-state index in [0.29, 0.717) is 11.3 Å². The van der Waals surface area contributed by atoms with Crippen LogP contribution in [-0.4, -0.2) is 22.9 Å². The fourth-order valence-electron chi connectivity index (χ4n) is 2.42. The Hall–Kier alpha value is -3.15. The smallest absolute Gasteiger partial charge is 0.341 e. The van der Waals surface area contributed by atoms with Crippen LogP contribution in [0.4, 0.5) is 4.39 Å². The molecular formula is C19H17FN2O3. The van der Waals surface area contributed by atoms with Crippen LogP contribution < -0.4 is 4.74 Å². The lowest BCUT2D eigenvalue weighted by Gasteiger charge is -2.12. The molecule has 25 heavy (non-hydrogen) atoms. The third-order valence-electron chi connectivity index (χ3n) is 3.73. The van der Waals surface area contributed by atoms with E-state index >= 15 is 0 Å². The fraction of sp³-hybridized carbons (Fsp3) is 0.158. The van der Waals surface area contributed by atoms with Gasteiger partial charge in [-0.05, 0) is 35.4 Å². The van der Waals surface area contributed by atoms with Gasteiger partial charge in [0.25, 0.3) is 0 Å². The lowest BCUT2D eigenvalue weighted by Crippen LogP contribution is -2.06. The molecule has 0 radical (unpaired) electrons. The largest absolute Gasteiger partial charge is 0.488 e. The third kappa shape index (κ3) is 3.85. The summed E-state index contributed by atoms with van der Waals surface area (Å²) >= 11 is 0. The predicted octanol–water partition coefficient (Wildman–Crippen LogP) is 3.59. The number of ether oxygens (including phenoxy) is 2. The van der Waals surface area contributed by atoms with E-state index in [9.17, 15) is 9.18 Å². The first-order chi connectivity index (χ1) is 12.1. The van der Waals surface area contributed by atoms with E-state index < -0.39 is 5.97 Å². The van der Waals surface area contributed by atoms with Crippen molar-refractivity contribution in [3.63, 3.8) is 0 Å². The Kier molecular flexibility index (Phi) is 4.79. The molecule has 0 atom stereocenters. The van der Waals surface area contributed by atoms with Gasteiger partial charge in [-0.1, -0.05) is 18.2 Å². The van der Waals surface area contributed by atoms with E-state index in [1.54, 1.807) is 35.1 Å². The van der Waals surface area contributed by atoms with Crippen molar-refractivity contribution in [1.29, 1.82) is 0 Å². The quantitative estimate of drug-likeness (QED) is 0.666. The molecule has 128 valence electrons.